The molecule has 2 N–H and O–H groups in total. The number of hydrogen-bond donors (Lipinski definition) is 2. The van der Waals surface area contributed by atoms with Crippen molar-refractivity contribution in [1.82, 2.24) is 0 Å². The zero-order chi connectivity index (χ0) is 16.7. The van der Waals surface area contributed by atoms with E-state index in [1.54, 1.807) is 0 Å². The van der Waals surface area contributed by atoms with Gasteiger partial charge in [-0.3, -0.25) is 0 Å². The zero-order valence-electron chi connectivity index (χ0n) is 15.6. The Hall–Kier alpha value is -0.0800. The number of rotatable bonds is 16. The molecule has 0 saturated heterocycles. The minimum Gasteiger partial charge on any atom is -0.393 e. The molecular formula is C20H42O2. The van der Waals surface area contributed by atoms with Crippen LogP contribution in [0.3, 0.4) is 0 Å². The molecule has 2 atom stereocenters. The summed E-state index contributed by atoms with van der Waals surface area (Å²) in [5, 5.41) is 19.8. The van der Waals surface area contributed by atoms with Crippen LogP contribution >= 0.6 is 0 Å². The molecule has 0 aromatic carbocycles. The molecule has 0 rings (SSSR count). The van der Waals surface area contributed by atoms with E-state index in [9.17, 15) is 10.2 Å². The lowest BCUT2D eigenvalue weighted by atomic mass is 9.93. The first kappa shape index (κ1) is 21.9. The van der Waals surface area contributed by atoms with Crippen LogP contribution in [0.25, 0.3) is 0 Å². The SMILES string of the molecule is CCCCCCCCCCCCCCC(O)CC(C)(O)CC. The molecule has 0 aliphatic heterocycles. The Balaban J connectivity index is 3.23. The summed E-state index contributed by atoms with van der Waals surface area (Å²) >= 11 is 0. The normalized spacial score (nSPS) is 15.7. The van der Waals surface area contributed by atoms with Crippen LogP contribution in [0.4, 0.5) is 0 Å². The summed E-state index contributed by atoms with van der Waals surface area (Å²) in [6, 6.07) is 0. The molecular weight excluding hydrogens is 272 g/mol. The number of aliphatic hydroxyl groups excluding tert-OH is 1. The molecule has 0 aliphatic carbocycles. The van der Waals surface area contributed by atoms with Gasteiger partial charge in [0.25, 0.3) is 0 Å². The molecule has 0 spiro atoms. The summed E-state index contributed by atoms with van der Waals surface area (Å²) in [6.07, 6.45) is 17.9. The van der Waals surface area contributed by atoms with Gasteiger partial charge in [0.05, 0.1) is 11.7 Å². The molecule has 22 heavy (non-hydrogen) atoms. The third-order valence-electron chi connectivity index (χ3n) is 4.83. The predicted molar refractivity (Wildman–Crippen MR) is 97.2 cm³/mol. The lowest BCUT2D eigenvalue weighted by molar-refractivity contribution is -0.00184. The van der Waals surface area contributed by atoms with Crippen LogP contribution in [-0.4, -0.2) is 21.9 Å². The van der Waals surface area contributed by atoms with Gasteiger partial charge >= 0.3 is 0 Å². The van der Waals surface area contributed by atoms with E-state index in [4.69, 9.17) is 0 Å². The first-order valence-corrected chi connectivity index (χ1v) is 9.92. The molecule has 0 aromatic rings. The highest BCUT2D eigenvalue weighted by Gasteiger charge is 2.21. The van der Waals surface area contributed by atoms with Crippen LogP contribution in [0.1, 0.15) is 117 Å². The molecule has 0 saturated carbocycles. The molecule has 0 fully saturated rings. The zero-order valence-corrected chi connectivity index (χ0v) is 15.6. The Labute approximate surface area is 139 Å². The Kier molecular flexibility index (Phi) is 14.5. The maximum absolute atomic E-state index is 9.92. The summed E-state index contributed by atoms with van der Waals surface area (Å²) < 4.78 is 0. The highest BCUT2D eigenvalue weighted by Crippen LogP contribution is 2.19. The first-order chi connectivity index (χ1) is 10.5. The van der Waals surface area contributed by atoms with Crippen molar-refractivity contribution < 1.29 is 10.2 Å². The summed E-state index contributed by atoms with van der Waals surface area (Å²) in [4.78, 5) is 0. The second-order valence-electron chi connectivity index (χ2n) is 7.39. The number of hydrogen-bond acceptors (Lipinski definition) is 2. The van der Waals surface area contributed by atoms with E-state index < -0.39 is 5.60 Å². The average Bonchev–Trinajstić information content (AvgIpc) is 2.48. The third-order valence-corrected chi connectivity index (χ3v) is 4.83. The van der Waals surface area contributed by atoms with Crippen LogP contribution in [-0.2, 0) is 0 Å². The van der Waals surface area contributed by atoms with Crippen molar-refractivity contribution in [2.24, 2.45) is 0 Å². The molecule has 0 heterocycles. The first-order valence-electron chi connectivity index (χ1n) is 9.92. The van der Waals surface area contributed by atoms with E-state index in [2.05, 4.69) is 6.92 Å². The van der Waals surface area contributed by atoms with Crippen molar-refractivity contribution in [1.29, 1.82) is 0 Å². The molecule has 0 aliphatic rings. The minimum atomic E-state index is -0.698. The van der Waals surface area contributed by atoms with Crippen molar-refractivity contribution in [2.75, 3.05) is 0 Å². The minimum absolute atomic E-state index is 0.335. The molecule has 0 radical (unpaired) electrons. The van der Waals surface area contributed by atoms with Crippen molar-refractivity contribution >= 4 is 0 Å². The van der Waals surface area contributed by atoms with Crippen molar-refractivity contribution in [2.45, 2.75) is 129 Å². The average molecular weight is 315 g/mol. The monoisotopic (exact) mass is 314 g/mol. The maximum Gasteiger partial charge on any atom is 0.0641 e. The van der Waals surface area contributed by atoms with E-state index in [0.29, 0.717) is 12.8 Å². The Morgan fingerprint density at radius 1 is 0.727 bits per heavy atom. The summed E-state index contributed by atoms with van der Waals surface area (Å²) in [5.41, 5.74) is -0.698. The molecule has 0 bridgehead atoms. The molecule has 2 heteroatoms. The van der Waals surface area contributed by atoms with Gasteiger partial charge < -0.3 is 10.2 Å². The summed E-state index contributed by atoms with van der Waals surface area (Å²) in [6.45, 7) is 6.06. The van der Waals surface area contributed by atoms with Crippen molar-refractivity contribution in [3.05, 3.63) is 0 Å². The van der Waals surface area contributed by atoms with Gasteiger partial charge in [0, 0.05) is 6.42 Å². The van der Waals surface area contributed by atoms with E-state index >= 15 is 0 Å². The summed E-state index contributed by atoms with van der Waals surface area (Å²) in [7, 11) is 0. The Bertz CT molecular complexity index is 226. The van der Waals surface area contributed by atoms with Crippen molar-refractivity contribution in [3.63, 3.8) is 0 Å². The molecule has 134 valence electrons. The fourth-order valence-corrected chi connectivity index (χ4v) is 2.97. The van der Waals surface area contributed by atoms with Gasteiger partial charge in [-0.25, -0.2) is 0 Å². The van der Waals surface area contributed by atoms with Gasteiger partial charge in [-0.1, -0.05) is 90.9 Å². The van der Waals surface area contributed by atoms with Gasteiger partial charge in [0.15, 0.2) is 0 Å². The van der Waals surface area contributed by atoms with Gasteiger partial charge in [-0.05, 0) is 19.8 Å². The van der Waals surface area contributed by atoms with E-state index in [1.165, 1.54) is 70.6 Å². The standard InChI is InChI=1S/C20H42O2/c1-4-6-7-8-9-10-11-12-13-14-15-16-17-19(21)18-20(3,22)5-2/h19,21-22H,4-18H2,1-3H3. The Morgan fingerprint density at radius 2 is 1.14 bits per heavy atom. The van der Waals surface area contributed by atoms with Gasteiger partial charge in [-0.15, -0.1) is 0 Å². The smallest absolute Gasteiger partial charge is 0.0641 e. The van der Waals surface area contributed by atoms with Crippen LogP contribution in [0.15, 0.2) is 0 Å². The Morgan fingerprint density at radius 3 is 1.55 bits per heavy atom. The lowest BCUT2D eigenvalue weighted by Crippen LogP contribution is -2.29. The van der Waals surface area contributed by atoms with Gasteiger partial charge in [-0.2, -0.15) is 0 Å². The number of unbranched alkanes of at least 4 members (excludes halogenated alkanes) is 11. The quantitative estimate of drug-likeness (QED) is 0.343. The third kappa shape index (κ3) is 14.8. The highest BCUT2D eigenvalue weighted by molar-refractivity contribution is 4.74. The van der Waals surface area contributed by atoms with Crippen molar-refractivity contribution in [3.8, 4) is 0 Å². The molecule has 2 unspecified atom stereocenters. The lowest BCUT2D eigenvalue weighted by Gasteiger charge is -2.24. The second-order valence-corrected chi connectivity index (χ2v) is 7.39. The second kappa shape index (κ2) is 14.5. The van der Waals surface area contributed by atoms with E-state index in [-0.39, 0.29) is 6.10 Å². The molecule has 0 amide bonds. The van der Waals surface area contributed by atoms with E-state index in [0.717, 1.165) is 12.8 Å². The van der Waals surface area contributed by atoms with Crippen LogP contribution in [0, 0.1) is 0 Å². The van der Waals surface area contributed by atoms with Crippen LogP contribution in [0.2, 0.25) is 0 Å². The fraction of sp³-hybridized carbons (Fsp3) is 1.00. The molecule has 0 aromatic heterocycles. The summed E-state index contributed by atoms with van der Waals surface area (Å²) in [5.74, 6) is 0. The largest absolute Gasteiger partial charge is 0.393 e. The van der Waals surface area contributed by atoms with E-state index in [1.807, 2.05) is 13.8 Å². The topological polar surface area (TPSA) is 40.5 Å². The molecule has 2 nitrogen and oxygen atoms in total. The van der Waals surface area contributed by atoms with Gasteiger partial charge in [0.1, 0.15) is 0 Å². The highest BCUT2D eigenvalue weighted by atomic mass is 16.3. The van der Waals surface area contributed by atoms with Crippen LogP contribution < -0.4 is 0 Å². The number of aliphatic hydroxyl groups is 2. The van der Waals surface area contributed by atoms with Gasteiger partial charge in [0.2, 0.25) is 0 Å². The van der Waals surface area contributed by atoms with Crippen LogP contribution in [0.5, 0.6) is 0 Å². The maximum atomic E-state index is 9.92. The fourth-order valence-electron chi connectivity index (χ4n) is 2.97. The predicted octanol–water partition coefficient (Wildman–Crippen LogP) is 5.99.